The Hall–Kier alpha value is -1.10. The highest BCUT2D eigenvalue weighted by Gasteiger charge is 2.42. The molecule has 2 amide bonds. The van der Waals surface area contributed by atoms with Crippen molar-refractivity contribution in [1.29, 1.82) is 0 Å². The van der Waals surface area contributed by atoms with Gasteiger partial charge in [-0.2, -0.15) is 0 Å². The van der Waals surface area contributed by atoms with Gasteiger partial charge in [0.05, 0.1) is 6.04 Å². The molecular weight excluding hydrogens is 304 g/mol. The summed E-state index contributed by atoms with van der Waals surface area (Å²) < 4.78 is 5.44. The molecule has 0 radical (unpaired) electrons. The van der Waals surface area contributed by atoms with Crippen molar-refractivity contribution in [2.24, 2.45) is 5.41 Å². The molecule has 3 aliphatic rings. The average Bonchev–Trinajstić information content (AvgIpc) is 3.05. The molecule has 1 aliphatic carbocycles. The van der Waals surface area contributed by atoms with Crippen LogP contribution in [0, 0.1) is 5.41 Å². The van der Waals surface area contributed by atoms with Crippen molar-refractivity contribution >= 4 is 11.8 Å². The Bertz CT molecular complexity index is 467. The van der Waals surface area contributed by atoms with Crippen molar-refractivity contribution in [2.75, 3.05) is 26.3 Å². The summed E-state index contributed by atoms with van der Waals surface area (Å²) in [4.78, 5) is 29.4. The summed E-state index contributed by atoms with van der Waals surface area (Å²) in [7, 11) is 0. The minimum Gasteiger partial charge on any atom is -0.381 e. The van der Waals surface area contributed by atoms with E-state index in [1.54, 1.807) is 6.92 Å². The van der Waals surface area contributed by atoms with Crippen molar-refractivity contribution in [3.05, 3.63) is 0 Å². The zero-order valence-corrected chi connectivity index (χ0v) is 15.3. The summed E-state index contributed by atoms with van der Waals surface area (Å²) in [6.07, 6.45) is 8.38. The van der Waals surface area contributed by atoms with E-state index in [0.29, 0.717) is 12.5 Å². The van der Waals surface area contributed by atoms with E-state index in [1.807, 2.05) is 4.90 Å². The minimum absolute atomic E-state index is 0.144. The number of likely N-dealkylation sites (tertiary alicyclic amines) is 1. The molecule has 2 saturated heterocycles. The Morgan fingerprint density at radius 1 is 1.04 bits per heavy atom. The normalized spacial score (nSPS) is 27.9. The molecular formula is C19H32N2O3. The van der Waals surface area contributed by atoms with Crippen molar-refractivity contribution in [3.63, 3.8) is 0 Å². The summed E-state index contributed by atoms with van der Waals surface area (Å²) >= 11 is 0. The Labute approximate surface area is 145 Å². The third-order valence-corrected chi connectivity index (χ3v) is 6.27. The highest BCUT2D eigenvalue weighted by molar-refractivity contribution is 5.83. The molecule has 2 aliphatic heterocycles. The smallest absolute Gasteiger partial charge is 0.228 e. The number of amides is 2. The first-order valence-corrected chi connectivity index (χ1v) is 9.67. The molecule has 5 heteroatoms. The lowest BCUT2D eigenvalue weighted by Gasteiger charge is -2.39. The third-order valence-electron chi connectivity index (χ3n) is 6.27. The van der Waals surface area contributed by atoms with Gasteiger partial charge in [0.1, 0.15) is 0 Å². The van der Waals surface area contributed by atoms with Crippen LogP contribution < -0.4 is 0 Å². The minimum atomic E-state index is -0.174. The fourth-order valence-electron chi connectivity index (χ4n) is 4.86. The van der Waals surface area contributed by atoms with Gasteiger partial charge in [-0.1, -0.05) is 26.2 Å². The maximum atomic E-state index is 13.0. The van der Waals surface area contributed by atoms with Gasteiger partial charge in [-0.05, 0) is 32.1 Å². The van der Waals surface area contributed by atoms with Crippen molar-refractivity contribution in [2.45, 2.75) is 77.3 Å². The Morgan fingerprint density at radius 3 is 2.33 bits per heavy atom. The largest absolute Gasteiger partial charge is 0.381 e. The number of nitrogens with zero attached hydrogens (tertiary/aromatic N) is 2. The van der Waals surface area contributed by atoms with Crippen LogP contribution in [0.25, 0.3) is 0 Å². The van der Waals surface area contributed by atoms with Crippen LogP contribution in [0.2, 0.25) is 0 Å². The molecule has 0 bridgehead atoms. The second-order valence-electron chi connectivity index (χ2n) is 8.08. The number of carbonyl (C=O) groups excluding carboxylic acids is 2. The standard InChI is InChI=1S/C19H32N2O3/c1-15(22)21(16-7-12-24-13-8-16)17-6-11-20(14-17)18(23)19(2)9-4-3-5-10-19/h16-17H,3-14H2,1-2H3. The van der Waals surface area contributed by atoms with E-state index in [2.05, 4.69) is 11.8 Å². The lowest BCUT2D eigenvalue weighted by Crippen LogP contribution is -2.50. The highest BCUT2D eigenvalue weighted by atomic mass is 16.5. The maximum Gasteiger partial charge on any atom is 0.228 e. The van der Waals surface area contributed by atoms with Crippen LogP contribution in [-0.2, 0) is 14.3 Å². The predicted octanol–water partition coefficient (Wildman–Crippen LogP) is 2.59. The third kappa shape index (κ3) is 3.61. The van der Waals surface area contributed by atoms with Gasteiger partial charge in [-0.25, -0.2) is 0 Å². The molecule has 1 saturated carbocycles. The van der Waals surface area contributed by atoms with Gasteiger partial charge in [-0.3, -0.25) is 9.59 Å². The van der Waals surface area contributed by atoms with Crippen LogP contribution in [0.15, 0.2) is 0 Å². The monoisotopic (exact) mass is 336 g/mol. The first-order chi connectivity index (χ1) is 11.5. The summed E-state index contributed by atoms with van der Waals surface area (Å²) in [6.45, 7) is 6.80. The molecule has 0 N–H and O–H groups in total. The summed E-state index contributed by atoms with van der Waals surface area (Å²) in [6, 6.07) is 0.461. The molecule has 0 aromatic rings. The number of carbonyl (C=O) groups is 2. The Morgan fingerprint density at radius 2 is 1.71 bits per heavy atom. The van der Waals surface area contributed by atoms with Crippen LogP contribution in [0.5, 0.6) is 0 Å². The average molecular weight is 336 g/mol. The maximum absolute atomic E-state index is 13.0. The lowest BCUT2D eigenvalue weighted by molar-refractivity contribution is -0.143. The topological polar surface area (TPSA) is 49.9 Å². The van der Waals surface area contributed by atoms with E-state index in [9.17, 15) is 9.59 Å². The molecule has 3 rings (SSSR count). The molecule has 0 aromatic carbocycles. The Kier molecular flexibility index (Phi) is 5.48. The Balaban J connectivity index is 1.64. The van der Waals surface area contributed by atoms with Gasteiger partial charge >= 0.3 is 0 Å². The van der Waals surface area contributed by atoms with Gasteiger partial charge in [0.2, 0.25) is 11.8 Å². The zero-order chi connectivity index (χ0) is 17.2. The van der Waals surface area contributed by atoms with Gasteiger partial charge in [-0.15, -0.1) is 0 Å². The number of hydrogen-bond acceptors (Lipinski definition) is 3. The van der Waals surface area contributed by atoms with Crippen molar-refractivity contribution in [1.82, 2.24) is 9.80 Å². The highest BCUT2D eigenvalue weighted by Crippen LogP contribution is 2.38. The van der Waals surface area contributed by atoms with Crippen LogP contribution in [0.4, 0.5) is 0 Å². The summed E-state index contributed by atoms with van der Waals surface area (Å²) in [5.74, 6) is 0.463. The molecule has 24 heavy (non-hydrogen) atoms. The van der Waals surface area contributed by atoms with Crippen LogP contribution in [0.3, 0.4) is 0 Å². The van der Waals surface area contributed by atoms with Crippen molar-refractivity contribution in [3.8, 4) is 0 Å². The van der Waals surface area contributed by atoms with Crippen LogP contribution in [-0.4, -0.2) is 60.0 Å². The molecule has 2 heterocycles. The van der Waals surface area contributed by atoms with E-state index in [-0.39, 0.29) is 23.4 Å². The van der Waals surface area contributed by atoms with Gasteiger partial charge in [0, 0.05) is 44.7 Å². The van der Waals surface area contributed by atoms with Crippen LogP contribution in [0.1, 0.15) is 65.2 Å². The number of rotatable bonds is 3. The molecule has 0 aromatic heterocycles. The first kappa shape index (κ1) is 17.7. The molecule has 1 unspecified atom stereocenters. The summed E-state index contributed by atoms with van der Waals surface area (Å²) in [5, 5.41) is 0. The molecule has 0 spiro atoms. The summed E-state index contributed by atoms with van der Waals surface area (Å²) in [5.41, 5.74) is -0.174. The van der Waals surface area contributed by atoms with Crippen molar-refractivity contribution < 1.29 is 14.3 Å². The molecule has 3 fully saturated rings. The van der Waals surface area contributed by atoms with Gasteiger partial charge < -0.3 is 14.5 Å². The quantitative estimate of drug-likeness (QED) is 0.796. The fraction of sp³-hybridized carbons (Fsp3) is 0.895. The second-order valence-corrected chi connectivity index (χ2v) is 8.08. The fourth-order valence-corrected chi connectivity index (χ4v) is 4.86. The molecule has 5 nitrogen and oxygen atoms in total. The van der Waals surface area contributed by atoms with E-state index >= 15 is 0 Å². The first-order valence-electron chi connectivity index (χ1n) is 9.67. The van der Waals surface area contributed by atoms with E-state index in [1.165, 1.54) is 19.3 Å². The van der Waals surface area contributed by atoms with E-state index in [4.69, 9.17) is 4.74 Å². The van der Waals surface area contributed by atoms with Gasteiger partial charge in [0.25, 0.3) is 0 Å². The van der Waals surface area contributed by atoms with E-state index < -0.39 is 0 Å². The molecule has 136 valence electrons. The predicted molar refractivity (Wildman–Crippen MR) is 92.5 cm³/mol. The number of ether oxygens (including phenoxy) is 1. The SMILES string of the molecule is CC(=O)N(C1CCOCC1)C1CCN(C(=O)C2(C)CCCCC2)C1. The lowest BCUT2D eigenvalue weighted by atomic mass is 9.74. The second kappa shape index (κ2) is 7.42. The molecule has 1 atom stereocenters. The van der Waals surface area contributed by atoms with E-state index in [0.717, 1.165) is 51.9 Å². The van der Waals surface area contributed by atoms with Crippen LogP contribution >= 0.6 is 0 Å². The van der Waals surface area contributed by atoms with Gasteiger partial charge in [0.15, 0.2) is 0 Å². The zero-order valence-electron chi connectivity index (χ0n) is 15.3. The number of hydrogen-bond donors (Lipinski definition) is 0.